The monoisotopic (exact) mass is 472 g/mol. The van der Waals surface area contributed by atoms with Crippen LogP contribution in [0, 0.1) is 20.8 Å². The molecule has 0 atom stereocenters. The van der Waals surface area contributed by atoms with Gasteiger partial charge in [-0.05, 0) is 74.4 Å². The minimum Gasteiger partial charge on any atom is -0.340 e. The Morgan fingerprint density at radius 3 is 2.18 bits per heavy atom. The molecule has 2 heterocycles. The summed E-state index contributed by atoms with van der Waals surface area (Å²) in [6.07, 6.45) is 1.68. The second kappa shape index (κ2) is 9.05. The highest BCUT2D eigenvalue weighted by Crippen LogP contribution is 2.38. The lowest BCUT2D eigenvalue weighted by Gasteiger charge is -2.31. The summed E-state index contributed by atoms with van der Waals surface area (Å²) in [6.45, 7) is 8.32. The van der Waals surface area contributed by atoms with Gasteiger partial charge in [0.15, 0.2) is 0 Å². The Kier molecular flexibility index (Phi) is 6.09. The summed E-state index contributed by atoms with van der Waals surface area (Å²) in [5.41, 5.74) is 7.64. The van der Waals surface area contributed by atoms with Crippen LogP contribution in [-0.2, 0) is 16.6 Å². The second-order valence-corrected chi connectivity index (χ2v) is 11.5. The molecular weight excluding hydrogens is 440 g/mol. The Morgan fingerprint density at radius 1 is 0.824 bits per heavy atom. The first kappa shape index (κ1) is 22.9. The molecule has 1 aliphatic heterocycles. The maximum absolute atomic E-state index is 13.2. The summed E-state index contributed by atoms with van der Waals surface area (Å²) in [5.74, 6) is 0.354. The van der Waals surface area contributed by atoms with Crippen molar-refractivity contribution >= 4 is 20.9 Å². The zero-order valence-electron chi connectivity index (χ0n) is 20.2. The van der Waals surface area contributed by atoms with Crippen LogP contribution in [0.2, 0.25) is 0 Å². The average Bonchev–Trinajstić information content (AvgIpc) is 3.12. The summed E-state index contributed by atoms with van der Waals surface area (Å²) >= 11 is 0. The van der Waals surface area contributed by atoms with Crippen LogP contribution in [0.5, 0.6) is 0 Å². The van der Waals surface area contributed by atoms with Crippen LogP contribution in [0.15, 0.2) is 77.7 Å². The molecular formula is C29H32N2O2S. The quantitative estimate of drug-likeness (QED) is 0.348. The smallest absolute Gasteiger partial charge is 0.243 e. The van der Waals surface area contributed by atoms with Crippen molar-refractivity contribution in [3.63, 3.8) is 0 Å². The molecule has 4 aromatic rings. The first-order chi connectivity index (χ1) is 16.4. The summed E-state index contributed by atoms with van der Waals surface area (Å²) in [4.78, 5) is 0.391. The van der Waals surface area contributed by atoms with Gasteiger partial charge >= 0.3 is 0 Å². The molecule has 1 saturated heterocycles. The Labute approximate surface area is 202 Å². The van der Waals surface area contributed by atoms with E-state index in [9.17, 15) is 8.42 Å². The number of para-hydroxylation sites is 1. The number of fused-ring (bicyclic) bond motifs is 1. The van der Waals surface area contributed by atoms with E-state index in [-0.39, 0.29) is 0 Å². The topological polar surface area (TPSA) is 42.3 Å². The van der Waals surface area contributed by atoms with E-state index in [1.165, 1.54) is 33.3 Å². The first-order valence-electron chi connectivity index (χ1n) is 12.1. The third-order valence-corrected chi connectivity index (χ3v) is 9.30. The lowest BCUT2D eigenvalue weighted by atomic mass is 9.88. The summed E-state index contributed by atoms with van der Waals surface area (Å²) in [6, 6.07) is 24.4. The van der Waals surface area contributed by atoms with Gasteiger partial charge in [0, 0.05) is 36.2 Å². The lowest BCUT2D eigenvalue weighted by Crippen LogP contribution is -2.38. The molecule has 0 N–H and O–H groups in total. The highest BCUT2D eigenvalue weighted by atomic mass is 32.2. The third-order valence-electron chi connectivity index (χ3n) is 7.39. The maximum Gasteiger partial charge on any atom is 0.243 e. The molecule has 1 aliphatic rings. The molecule has 5 rings (SSSR count). The van der Waals surface area contributed by atoms with E-state index >= 15 is 0 Å². The van der Waals surface area contributed by atoms with Gasteiger partial charge in [0.05, 0.1) is 4.90 Å². The van der Waals surface area contributed by atoms with E-state index < -0.39 is 10.0 Å². The van der Waals surface area contributed by atoms with Crippen LogP contribution in [0.25, 0.3) is 10.9 Å². The van der Waals surface area contributed by atoms with Gasteiger partial charge in [-0.25, -0.2) is 8.42 Å². The molecule has 0 aliphatic carbocycles. The van der Waals surface area contributed by atoms with Crippen LogP contribution in [0.1, 0.15) is 46.7 Å². The Bertz CT molecular complexity index is 1430. The van der Waals surface area contributed by atoms with E-state index in [0.29, 0.717) is 23.9 Å². The summed E-state index contributed by atoms with van der Waals surface area (Å²) in [7, 11) is -3.45. The molecule has 0 spiro atoms. The number of sulfonamides is 1. The number of aryl methyl sites for hydroxylation is 2. The van der Waals surface area contributed by atoms with E-state index in [1.807, 2.05) is 19.1 Å². The summed E-state index contributed by atoms with van der Waals surface area (Å²) < 4.78 is 30.5. The highest BCUT2D eigenvalue weighted by Gasteiger charge is 2.32. The zero-order valence-corrected chi connectivity index (χ0v) is 21.0. The van der Waals surface area contributed by atoms with Gasteiger partial charge in [0.25, 0.3) is 0 Å². The van der Waals surface area contributed by atoms with Crippen LogP contribution >= 0.6 is 0 Å². The largest absolute Gasteiger partial charge is 0.340 e. The molecule has 3 aromatic carbocycles. The van der Waals surface area contributed by atoms with E-state index in [2.05, 4.69) is 66.9 Å². The van der Waals surface area contributed by atoms with Crippen LogP contribution in [0.4, 0.5) is 0 Å². The van der Waals surface area contributed by atoms with Crippen molar-refractivity contribution in [1.29, 1.82) is 0 Å². The fraction of sp³-hybridized carbons (Fsp3) is 0.310. The fourth-order valence-corrected chi connectivity index (χ4v) is 6.85. The van der Waals surface area contributed by atoms with Gasteiger partial charge in [-0.15, -0.1) is 0 Å². The minimum absolute atomic E-state index is 0.354. The van der Waals surface area contributed by atoms with Crippen molar-refractivity contribution in [2.75, 3.05) is 13.1 Å². The highest BCUT2D eigenvalue weighted by molar-refractivity contribution is 7.89. The van der Waals surface area contributed by atoms with Gasteiger partial charge < -0.3 is 4.57 Å². The SMILES string of the molecule is Cc1ccc(S(=O)(=O)N2CCC(c3c(C)n(Cc4ccccc4C)c4ccccc34)CC2)cc1. The molecule has 0 radical (unpaired) electrons. The number of hydrogen-bond donors (Lipinski definition) is 0. The van der Waals surface area contributed by atoms with Crippen LogP contribution < -0.4 is 0 Å². The van der Waals surface area contributed by atoms with Crippen molar-refractivity contribution in [3.05, 3.63) is 101 Å². The second-order valence-electron chi connectivity index (χ2n) is 9.52. The van der Waals surface area contributed by atoms with Gasteiger partial charge in [0.2, 0.25) is 10.0 Å². The van der Waals surface area contributed by atoms with Gasteiger partial charge in [-0.3, -0.25) is 0 Å². The standard InChI is InChI=1S/C29H32N2O2S/c1-21-12-14-26(15-13-21)34(32,33)30-18-16-24(17-19-30)29-23(3)31(28-11-7-6-10-27(28)29)20-25-9-5-4-8-22(25)2/h4-15,24H,16-20H2,1-3H3. The van der Waals surface area contributed by atoms with Crippen molar-refractivity contribution in [1.82, 2.24) is 8.87 Å². The summed E-state index contributed by atoms with van der Waals surface area (Å²) in [5, 5.41) is 1.30. The number of rotatable bonds is 5. The molecule has 0 unspecified atom stereocenters. The molecule has 34 heavy (non-hydrogen) atoms. The maximum atomic E-state index is 13.2. The molecule has 4 nitrogen and oxygen atoms in total. The number of hydrogen-bond acceptors (Lipinski definition) is 2. The van der Waals surface area contributed by atoms with Crippen molar-refractivity contribution < 1.29 is 8.42 Å². The number of benzene rings is 3. The van der Waals surface area contributed by atoms with Gasteiger partial charge in [0.1, 0.15) is 0 Å². The first-order valence-corrected chi connectivity index (χ1v) is 13.5. The van der Waals surface area contributed by atoms with E-state index in [4.69, 9.17) is 0 Å². The molecule has 1 aromatic heterocycles. The minimum atomic E-state index is -3.45. The molecule has 0 amide bonds. The Hall–Kier alpha value is -2.89. The fourth-order valence-electron chi connectivity index (χ4n) is 5.38. The van der Waals surface area contributed by atoms with Crippen molar-refractivity contribution in [3.8, 4) is 0 Å². The third kappa shape index (κ3) is 4.08. The van der Waals surface area contributed by atoms with Crippen LogP contribution in [-0.4, -0.2) is 30.4 Å². The average molecular weight is 473 g/mol. The van der Waals surface area contributed by atoms with Crippen LogP contribution in [0.3, 0.4) is 0 Å². The van der Waals surface area contributed by atoms with Gasteiger partial charge in [-0.2, -0.15) is 4.31 Å². The van der Waals surface area contributed by atoms with E-state index in [0.717, 1.165) is 24.9 Å². The normalized spacial score (nSPS) is 15.7. The Morgan fingerprint density at radius 2 is 1.47 bits per heavy atom. The predicted molar refractivity (Wildman–Crippen MR) is 139 cm³/mol. The number of aromatic nitrogens is 1. The molecule has 1 fully saturated rings. The zero-order chi connectivity index (χ0) is 23.9. The van der Waals surface area contributed by atoms with Crippen molar-refractivity contribution in [2.24, 2.45) is 0 Å². The molecule has 176 valence electrons. The number of nitrogens with zero attached hydrogens (tertiary/aromatic N) is 2. The van der Waals surface area contributed by atoms with Crippen molar-refractivity contribution in [2.45, 2.75) is 51.0 Å². The van der Waals surface area contributed by atoms with Gasteiger partial charge in [-0.1, -0.05) is 60.2 Å². The lowest BCUT2D eigenvalue weighted by molar-refractivity contribution is 0.319. The molecule has 5 heteroatoms. The number of piperidine rings is 1. The van der Waals surface area contributed by atoms with E-state index in [1.54, 1.807) is 16.4 Å². The predicted octanol–water partition coefficient (Wildman–Crippen LogP) is 6.18. The molecule has 0 bridgehead atoms. The molecule has 0 saturated carbocycles. The Balaban J connectivity index is 1.43.